The predicted molar refractivity (Wildman–Crippen MR) is 95.8 cm³/mol. The van der Waals surface area contributed by atoms with Crippen LogP contribution in [0.25, 0.3) is 0 Å². The molecule has 4 heteroatoms. The smallest absolute Gasteiger partial charge is 0.222 e. The molecule has 0 aromatic carbocycles. The highest BCUT2D eigenvalue weighted by atomic mass is 16.5. The van der Waals surface area contributed by atoms with E-state index in [4.69, 9.17) is 4.74 Å². The molecule has 138 valence electrons. The van der Waals surface area contributed by atoms with Gasteiger partial charge in [-0.15, -0.1) is 0 Å². The van der Waals surface area contributed by atoms with Gasteiger partial charge in [-0.05, 0) is 38.5 Å². The standard InChI is InChI=1S/C20H35NO3/c1-3-16(2)20(23)17-11-13-21(14-12-17)19(22)10-7-15-24-18-8-5-4-6-9-18/h16-18H,3-15H2,1-2H3. The van der Waals surface area contributed by atoms with Gasteiger partial charge in [-0.3, -0.25) is 9.59 Å². The summed E-state index contributed by atoms with van der Waals surface area (Å²) >= 11 is 0. The first-order valence-corrected chi connectivity index (χ1v) is 10.0. The van der Waals surface area contributed by atoms with Crippen molar-refractivity contribution in [1.29, 1.82) is 0 Å². The van der Waals surface area contributed by atoms with Crippen LogP contribution in [0.15, 0.2) is 0 Å². The molecular weight excluding hydrogens is 302 g/mol. The molecule has 0 aromatic rings. The largest absolute Gasteiger partial charge is 0.378 e. The number of likely N-dealkylation sites (tertiary alicyclic amines) is 1. The molecule has 0 N–H and O–H groups in total. The first-order chi connectivity index (χ1) is 11.6. The summed E-state index contributed by atoms with van der Waals surface area (Å²) in [5.74, 6) is 0.954. The molecular formula is C20H35NO3. The van der Waals surface area contributed by atoms with Gasteiger partial charge in [-0.25, -0.2) is 0 Å². The van der Waals surface area contributed by atoms with Crippen LogP contribution in [0.3, 0.4) is 0 Å². The summed E-state index contributed by atoms with van der Waals surface area (Å²) in [6.07, 6.45) is 10.7. The molecule has 24 heavy (non-hydrogen) atoms. The Morgan fingerprint density at radius 2 is 1.75 bits per heavy atom. The fourth-order valence-corrected chi connectivity index (χ4v) is 3.88. The number of Topliss-reactive ketones (excluding diaryl/α,β-unsaturated/α-hetero) is 1. The molecule has 1 saturated heterocycles. The molecule has 4 nitrogen and oxygen atoms in total. The molecule has 1 atom stereocenters. The number of piperidine rings is 1. The van der Waals surface area contributed by atoms with Crippen LogP contribution in [0, 0.1) is 11.8 Å². The SMILES string of the molecule is CCC(C)C(=O)C1CCN(C(=O)CCCOC2CCCCC2)CC1. The number of ether oxygens (including phenoxy) is 1. The van der Waals surface area contributed by atoms with E-state index >= 15 is 0 Å². The van der Waals surface area contributed by atoms with Crippen molar-refractivity contribution >= 4 is 11.7 Å². The normalized spacial score (nSPS) is 21.7. The van der Waals surface area contributed by atoms with E-state index in [-0.39, 0.29) is 17.7 Å². The topological polar surface area (TPSA) is 46.6 Å². The minimum atomic E-state index is 0.161. The Labute approximate surface area is 147 Å². The number of rotatable bonds is 8. The van der Waals surface area contributed by atoms with E-state index in [1.165, 1.54) is 32.1 Å². The summed E-state index contributed by atoms with van der Waals surface area (Å²) in [4.78, 5) is 26.5. The van der Waals surface area contributed by atoms with Crippen LogP contribution >= 0.6 is 0 Å². The van der Waals surface area contributed by atoms with Gasteiger partial charge in [0, 0.05) is 38.0 Å². The number of carbonyl (C=O) groups is 2. The third-order valence-corrected chi connectivity index (χ3v) is 5.79. The van der Waals surface area contributed by atoms with Gasteiger partial charge >= 0.3 is 0 Å². The van der Waals surface area contributed by atoms with E-state index in [0.29, 0.717) is 24.9 Å². The predicted octanol–water partition coefficient (Wildman–Crippen LogP) is 3.97. The molecule has 2 fully saturated rings. The quantitative estimate of drug-likeness (QED) is 0.630. The van der Waals surface area contributed by atoms with E-state index in [0.717, 1.165) is 38.8 Å². The zero-order valence-corrected chi connectivity index (χ0v) is 15.6. The Kier molecular flexibility index (Phi) is 8.23. The Morgan fingerprint density at radius 1 is 1.08 bits per heavy atom. The van der Waals surface area contributed by atoms with Gasteiger partial charge in [0.05, 0.1) is 6.10 Å². The van der Waals surface area contributed by atoms with Crippen LogP contribution < -0.4 is 0 Å². The van der Waals surface area contributed by atoms with Crippen molar-refractivity contribution in [1.82, 2.24) is 4.90 Å². The zero-order chi connectivity index (χ0) is 17.4. The molecule has 0 radical (unpaired) electrons. The molecule has 0 aromatic heterocycles. The molecule has 1 unspecified atom stereocenters. The lowest BCUT2D eigenvalue weighted by Crippen LogP contribution is -2.41. The molecule has 1 aliphatic carbocycles. The van der Waals surface area contributed by atoms with Crippen LogP contribution in [0.5, 0.6) is 0 Å². The van der Waals surface area contributed by atoms with Gasteiger partial charge in [0.1, 0.15) is 5.78 Å². The van der Waals surface area contributed by atoms with E-state index in [2.05, 4.69) is 6.92 Å². The van der Waals surface area contributed by atoms with Gasteiger partial charge in [0.2, 0.25) is 5.91 Å². The number of ketones is 1. The Balaban J connectivity index is 1.59. The van der Waals surface area contributed by atoms with Crippen LogP contribution in [0.2, 0.25) is 0 Å². The Morgan fingerprint density at radius 3 is 2.38 bits per heavy atom. The fourth-order valence-electron chi connectivity index (χ4n) is 3.88. The molecule has 2 rings (SSSR count). The molecule has 1 aliphatic heterocycles. The van der Waals surface area contributed by atoms with Crippen molar-refractivity contribution in [3.63, 3.8) is 0 Å². The van der Waals surface area contributed by atoms with Gasteiger partial charge in [0.15, 0.2) is 0 Å². The monoisotopic (exact) mass is 337 g/mol. The lowest BCUT2D eigenvalue weighted by molar-refractivity contribution is -0.136. The Hall–Kier alpha value is -0.900. The molecule has 1 amide bonds. The highest BCUT2D eigenvalue weighted by molar-refractivity contribution is 5.83. The van der Waals surface area contributed by atoms with E-state index < -0.39 is 0 Å². The van der Waals surface area contributed by atoms with Crippen LogP contribution in [-0.2, 0) is 14.3 Å². The number of amides is 1. The number of hydrogen-bond donors (Lipinski definition) is 0. The highest BCUT2D eigenvalue weighted by Gasteiger charge is 2.28. The third-order valence-electron chi connectivity index (χ3n) is 5.79. The van der Waals surface area contributed by atoms with E-state index in [1.54, 1.807) is 0 Å². The lowest BCUT2D eigenvalue weighted by atomic mass is 9.85. The maximum atomic E-state index is 12.3. The first kappa shape index (κ1) is 19.4. The molecule has 1 saturated carbocycles. The second-order valence-electron chi connectivity index (χ2n) is 7.60. The summed E-state index contributed by atoms with van der Waals surface area (Å²) in [6.45, 7) is 6.28. The third kappa shape index (κ3) is 5.87. The molecule has 1 heterocycles. The minimum Gasteiger partial charge on any atom is -0.378 e. The number of carbonyl (C=O) groups excluding carboxylic acids is 2. The number of nitrogens with zero attached hydrogens (tertiary/aromatic N) is 1. The zero-order valence-electron chi connectivity index (χ0n) is 15.6. The fraction of sp³-hybridized carbons (Fsp3) is 0.900. The van der Waals surface area contributed by atoms with Crippen molar-refractivity contribution in [3.8, 4) is 0 Å². The van der Waals surface area contributed by atoms with Crippen molar-refractivity contribution < 1.29 is 14.3 Å². The summed E-state index contributed by atoms with van der Waals surface area (Å²) < 4.78 is 5.89. The highest BCUT2D eigenvalue weighted by Crippen LogP contribution is 2.23. The minimum absolute atomic E-state index is 0.161. The van der Waals surface area contributed by atoms with Crippen molar-refractivity contribution in [2.24, 2.45) is 11.8 Å². The average Bonchev–Trinajstić information content (AvgIpc) is 2.64. The van der Waals surface area contributed by atoms with Gasteiger partial charge in [-0.2, -0.15) is 0 Å². The van der Waals surface area contributed by atoms with Crippen LogP contribution in [-0.4, -0.2) is 42.4 Å². The molecule has 0 spiro atoms. The van der Waals surface area contributed by atoms with Crippen molar-refractivity contribution in [2.45, 2.75) is 84.2 Å². The van der Waals surface area contributed by atoms with E-state index in [9.17, 15) is 9.59 Å². The number of hydrogen-bond acceptors (Lipinski definition) is 3. The van der Waals surface area contributed by atoms with Gasteiger partial charge in [0.25, 0.3) is 0 Å². The lowest BCUT2D eigenvalue weighted by Gasteiger charge is -2.32. The second kappa shape index (κ2) is 10.2. The summed E-state index contributed by atoms with van der Waals surface area (Å²) in [7, 11) is 0. The molecule has 0 bridgehead atoms. The summed E-state index contributed by atoms with van der Waals surface area (Å²) in [6, 6.07) is 0. The Bertz CT molecular complexity index is 396. The average molecular weight is 338 g/mol. The summed E-state index contributed by atoms with van der Waals surface area (Å²) in [5.41, 5.74) is 0. The maximum absolute atomic E-state index is 12.3. The summed E-state index contributed by atoms with van der Waals surface area (Å²) in [5, 5.41) is 0. The van der Waals surface area contributed by atoms with Gasteiger partial charge in [-0.1, -0.05) is 33.1 Å². The van der Waals surface area contributed by atoms with Crippen molar-refractivity contribution in [3.05, 3.63) is 0 Å². The molecule has 2 aliphatic rings. The van der Waals surface area contributed by atoms with Crippen molar-refractivity contribution in [2.75, 3.05) is 19.7 Å². The maximum Gasteiger partial charge on any atom is 0.222 e. The first-order valence-electron chi connectivity index (χ1n) is 10.0. The second-order valence-corrected chi connectivity index (χ2v) is 7.60. The van der Waals surface area contributed by atoms with Crippen LogP contribution in [0.4, 0.5) is 0 Å². The van der Waals surface area contributed by atoms with E-state index in [1.807, 2.05) is 11.8 Å². The van der Waals surface area contributed by atoms with Gasteiger partial charge < -0.3 is 9.64 Å². The van der Waals surface area contributed by atoms with Crippen LogP contribution in [0.1, 0.15) is 78.1 Å².